The van der Waals surface area contributed by atoms with Gasteiger partial charge >= 0.3 is 12.0 Å². The van der Waals surface area contributed by atoms with Crippen molar-refractivity contribution >= 4 is 40.8 Å². The second-order valence-corrected chi connectivity index (χ2v) is 7.22. The van der Waals surface area contributed by atoms with E-state index in [1.807, 2.05) is 37.3 Å². The van der Waals surface area contributed by atoms with Crippen molar-refractivity contribution in [3.05, 3.63) is 78.0 Å². The maximum absolute atomic E-state index is 13.0. The number of rotatable bonds is 9. The van der Waals surface area contributed by atoms with Crippen molar-refractivity contribution in [3.8, 4) is 0 Å². The van der Waals surface area contributed by atoms with Crippen LogP contribution >= 0.6 is 0 Å². The highest BCUT2D eigenvalue weighted by Crippen LogP contribution is 2.24. The Kier molecular flexibility index (Phi) is 8.56. The minimum atomic E-state index is -0.388. The zero-order valence-corrected chi connectivity index (χ0v) is 19.1. The van der Waals surface area contributed by atoms with E-state index in [-0.39, 0.29) is 24.3 Å². The number of nitrogens with one attached hydrogen (secondary N) is 4. The molecule has 2 aromatic carbocycles. The van der Waals surface area contributed by atoms with Crippen molar-refractivity contribution in [2.75, 3.05) is 29.1 Å². The summed E-state index contributed by atoms with van der Waals surface area (Å²) < 4.78 is 4.95. The fraction of sp³-hybridized carbons (Fsp3) is 0.200. The van der Waals surface area contributed by atoms with Crippen molar-refractivity contribution in [1.29, 1.82) is 0 Å². The molecular weight excluding hydrogens is 434 g/mol. The van der Waals surface area contributed by atoms with E-state index in [0.29, 0.717) is 35.9 Å². The van der Waals surface area contributed by atoms with Gasteiger partial charge in [0, 0.05) is 30.2 Å². The van der Waals surface area contributed by atoms with Gasteiger partial charge in [0.2, 0.25) is 0 Å². The number of hydrogen-bond donors (Lipinski definition) is 4. The van der Waals surface area contributed by atoms with Crippen LogP contribution in [0.5, 0.6) is 0 Å². The van der Waals surface area contributed by atoms with Crippen LogP contribution in [0.3, 0.4) is 0 Å². The van der Waals surface area contributed by atoms with Crippen LogP contribution in [-0.4, -0.2) is 36.0 Å². The number of amides is 3. The monoisotopic (exact) mass is 461 g/mol. The molecule has 34 heavy (non-hydrogen) atoms. The van der Waals surface area contributed by atoms with Crippen molar-refractivity contribution in [3.63, 3.8) is 0 Å². The maximum Gasteiger partial charge on any atom is 0.320 e. The van der Waals surface area contributed by atoms with Crippen LogP contribution in [0.4, 0.5) is 27.7 Å². The molecule has 3 amide bonds. The Morgan fingerprint density at radius 2 is 1.65 bits per heavy atom. The maximum atomic E-state index is 13.0. The average molecular weight is 462 g/mol. The lowest BCUT2D eigenvalue weighted by molar-refractivity contribution is -0.142. The molecule has 0 saturated carbocycles. The molecule has 1 heterocycles. The van der Waals surface area contributed by atoms with Crippen molar-refractivity contribution < 1.29 is 19.1 Å². The topological polar surface area (TPSA) is 121 Å². The number of carbonyl (C=O) groups is 3. The van der Waals surface area contributed by atoms with E-state index in [1.165, 1.54) is 6.20 Å². The number of nitrogens with zero attached hydrogens (tertiary/aromatic N) is 1. The number of hydrogen-bond acceptors (Lipinski definition) is 6. The summed E-state index contributed by atoms with van der Waals surface area (Å²) >= 11 is 0. The molecule has 0 aliphatic carbocycles. The predicted octanol–water partition coefficient (Wildman–Crippen LogP) is 4.32. The largest absolute Gasteiger partial charge is 0.466 e. The summed E-state index contributed by atoms with van der Waals surface area (Å²) in [4.78, 5) is 40.8. The Labute approximate surface area is 197 Å². The number of carbonyl (C=O) groups excluding carboxylic acids is 3. The first-order chi connectivity index (χ1) is 16.5. The molecule has 9 nitrogen and oxygen atoms in total. The second-order valence-electron chi connectivity index (χ2n) is 7.22. The molecule has 3 rings (SSSR count). The zero-order chi connectivity index (χ0) is 24.3. The van der Waals surface area contributed by atoms with E-state index in [0.717, 1.165) is 11.3 Å². The lowest BCUT2D eigenvalue weighted by atomic mass is 10.1. The van der Waals surface area contributed by atoms with Gasteiger partial charge in [-0.15, -0.1) is 0 Å². The number of pyridine rings is 1. The predicted molar refractivity (Wildman–Crippen MR) is 131 cm³/mol. The van der Waals surface area contributed by atoms with Crippen LogP contribution < -0.4 is 21.3 Å². The standard InChI is InChI=1S/C25H27N5O4/c1-3-26-25(33)30-22-15-21(28-18-8-6-5-7-9-18)20(16-27-22)24(32)29-19-12-10-17(11-13-19)14-23(31)34-4-2/h5-13,15-16H,3-4,14H2,1-2H3,(H,29,32)(H3,26,27,28,30,33). The third-order valence-corrected chi connectivity index (χ3v) is 4.65. The molecule has 3 aromatic rings. The molecule has 0 spiro atoms. The van der Waals surface area contributed by atoms with Gasteiger partial charge in [-0.2, -0.15) is 0 Å². The van der Waals surface area contributed by atoms with E-state index in [9.17, 15) is 14.4 Å². The highest BCUT2D eigenvalue weighted by molar-refractivity contribution is 6.08. The fourth-order valence-electron chi connectivity index (χ4n) is 3.09. The summed E-state index contributed by atoms with van der Waals surface area (Å²) in [5, 5.41) is 11.3. The Bertz CT molecular complexity index is 1130. The van der Waals surface area contributed by atoms with Gasteiger partial charge in [-0.05, 0) is 43.7 Å². The van der Waals surface area contributed by atoms with Crippen LogP contribution in [0.15, 0.2) is 66.9 Å². The van der Waals surface area contributed by atoms with Crippen LogP contribution in [0, 0.1) is 0 Å². The van der Waals surface area contributed by atoms with E-state index < -0.39 is 0 Å². The first kappa shape index (κ1) is 24.2. The lowest BCUT2D eigenvalue weighted by Gasteiger charge is -2.14. The van der Waals surface area contributed by atoms with Crippen molar-refractivity contribution in [2.24, 2.45) is 0 Å². The van der Waals surface area contributed by atoms with E-state index in [1.54, 1.807) is 37.3 Å². The zero-order valence-electron chi connectivity index (χ0n) is 19.1. The number of para-hydroxylation sites is 1. The molecule has 0 radical (unpaired) electrons. The van der Waals surface area contributed by atoms with E-state index >= 15 is 0 Å². The Morgan fingerprint density at radius 1 is 0.912 bits per heavy atom. The molecule has 4 N–H and O–H groups in total. The van der Waals surface area contributed by atoms with Gasteiger partial charge in [0.15, 0.2) is 0 Å². The van der Waals surface area contributed by atoms with E-state index in [4.69, 9.17) is 4.74 Å². The SMILES string of the molecule is CCNC(=O)Nc1cc(Nc2ccccc2)c(C(=O)Nc2ccc(CC(=O)OCC)cc2)cn1. The summed E-state index contributed by atoms with van der Waals surface area (Å²) in [6.07, 6.45) is 1.56. The van der Waals surface area contributed by atoms with Gasteiger partial charge in [-0.3, -0.25) is 14.9 Å². The van der Waals surface area contributed by atoms with E-state index in [2.05, 4.69) is 26.3 Å². The lowest BCUT2D eigenvalue weighted by Crippen LogP contribution is -2.28. The van der Waals surface area contributed by atoms with Gasteiger partial charge in [-0.1, -0.05) is 30.3 Å². The molecule has 0 bridgehead atoms. The quantitative estimate of drug-likeness (QED) is 0.352. The fourth-order valence-corrected chi connectivity index (χ4v) is 3.09. The highest BCUT2D eigenvalue weighted by atomic mass is 16.5. The van der Waals surface area contributed by atoms with Crippen molar-refractivity contribution in [1.82, 2.24) is 10.3 Å². The first-order valence-corrected chi connectivity index (χ1v) is 10.9. The summed E-state index contributed by atoms with van der Waals surface area (Å²) in [7, 11) is 0. The molecule has 9 heteroatoms. The molecule has 0 aliphatic rings. The second kappa shape index (κ2) is 12.0. The van der Waals surface area contributed by atoms with Crippen molar-refractivity contribution in [2.45, 2.75) is 20.3 Å². The number of urea groups is 1. The molecule has 0 saturated heterocycles. The summed E-state index contributed by atoms with van der Waals surface area (Å²) in [6, 6.07) is 17.5. The number of ether oxygens (including phenoxy) is 1. The highest BCUT2D eigenvalue weighted by Gasteiger charge is 2.15. The Hall–Kier alpha value is -4.40. The molecular formula is C25H27N5O4. The van der Waals surface area contributed by atoms with Crippen LogP contribution in [-0.2, 0) is 16.0 Å². The van der Waals surface area contributed by atoms with Crippen LogP contribution in [0.25, 0.3) is 0 Å². The summed E-state index contributed by atoms with van der Waals surface area (Å²) in [5.41, 5.74) is 2.89. The molecule has 1 aromatic heterocycles. The third-order valence-electron chi connectivity index (χ3n) is 4.65. The molecule has 176 valence electrons. The first-order valence-electron chi connectivity index (χ1n) is 10.9. The number of esters is 1. The van der Waals surface area contributed by atoms with Gasteiger partial charge in [0.05, 0.1) is 24.3 Å². The molecule has 0 aliphatic heterocycles. The number of anilines is 4. The van der Waals surface area contributed by atoms with Crippen LogP contribution in [0.1, 0.15) is 29.8 Å². The number of benzene rings is 2. The molecule has 0 unspecified atom stereocenters. The van der Waals surface area contributed by atoms with Gasteiger partial charge in [-0.25, -0.2) is 9.78 Å². The third kappa shape index (κ3) is 7.06. The van der Waals surface area contributed by atoms with Gasteiger partial charge in [0.25, 0.3) is 5.91 Å². The minimum Gasteiger partial charge on any atom is -0.466 e. The Morgan fingerprint density at radius 3 is 2.32 bits per heavy atom. The summed E-state index contributed by atoms with van der Waals surface area (Å²) in [6.45, 7) is 4.37. The Balaban J connectivity index is 1.78. The minimum absolute atomic E-state index is 0.164. The molecule has 0 atom stereocenters. The average Bonchev–Trinajstić information content (AvgIpc) is 2.81. The van der Waals surface area contributed by atoms with Crippen LogP contribution in [0.2, 0.25) is 0 Å². The van der Waals surface area contributed by atoms with Gasteiger partial charge < -0.3 is 20.7 Å². The normalized spacial score (nSPS) is 10.2. The molecule has 0 fully saturated rings. The van der Waals surface area contributed by atoms with Gasteiger partial charge in [0.1, 0.15) is 5.82 Å². The summed E-state index contributed by atoms with van der Waals surface area (Å²) in [5.74, 6) is -0.388. The smallest absolute Gasteiger partial charge is 0.320 e. The number of aromatic nitrogens is 1.